The van der Waals surface area contributed by atoms with Crippen LogP contribution in [0.4, 0.5) is 10.7 Å². The molecule has 0 bridgehead atoms. The average Bonchev–Trinajstić information content (AvgIpc) is 2.76. The number of likely N-dealkylation sites (tertiary alicyclic amines) is 1. The fourth-order valence-electron chi connectivity index (χ4n) is 1.95. The summed E-state index contributed by atoms with van der Waals surface area (Å²) in [6, 6.07) is -1.72. The number of hydrogen-bond acceptors (Lipinski definition) is 6. The number of nitrogens with zero attached hydrogens (tertiary/aromatic N) is 4. The molecule has 1 aromatic rings. The van der Waals surface area contributed by atoms with Crippen molar-refractivity contribution >= 4 is 17.9 Å². The van der Waals surface area contributed by atoms with Gasteiger partial charge in [-0.05, 0) is 13.8 Å². The van der Waals surface area contributed by atoms with Gasteiger partial charge in [-0.15, -0.1) is 5.10 Å². The molecule has 2 amide bonds. The number of rotatable bonds is 2. The van der Waals surface area contributed by atoms with Crippen LogP contribution >= 0.6 is 0 Å². The van der Waals surface area contributed by atoms with Crippen molar-refractivity contribution in [3.63, 3.8) is 0 Å². The van der Waals surface area contributed by atoms with E-state index in [9.17, 15) is 14.7 Å². The van der Waals surface area contributed by atoms with Crippen LogP contribution in [-0.2, 0) is 4.79 Å². The number of carbonyl (C=O) groups is 2. The molecule has 0 spiro atoms. The second-order valence-electron chi connectivity index (χ2n) is 4.63. The van der Waals surface area contributed by atoms with Gasteiger partial charge in [0.05, 0.1) is 17.5 Å². The second kappa shape index (κ2) is 5.37. The number of aliphatic carboxylic acids is 1. The Balaban J connectivity index is 2.11. The molecule has 0 aliphatic carbocycles. The van der Waals surface area contributed by atoms with Crippen LogP contribution in [0.25, 0.3) is 0 Å². The molecule has 9 heteroatoms. The lowest BCUT2D eigenvalue weighted by Crippen LogP contribution is -2.43. The Labute approximate surface area is 114 Å². The molecule has 9 nitrogen and oxygen atoms in total. The van der Waals surface area contributed by atoms with Gasteiger partial charge < -0.3 is 15.1 Å². The highest BCUT2D eigenvalue weighted by molar-refractivity contribution is 5.91. The van der Waals surface area contributed by atoms with E-state index < -0.39 is 24.1 Å². The first-order valence-electron chi connectivity index (χ1n) is 6.05. The molecule has 3 N–H and O–H groups in total. The van der Waals surface area contributed by atoms with Crippen molar-refractivity contribution < 1.29 is 19.8 Å². The van der Waals surface area contributed by atoms with Gasteiger partial charge in [0.2, 0.25) is 0 Å². The molecule has 1 aliphatic heterocycles. The minimum atomic E-state index is -1.16. The molecule has 1 fully saturated rings. The summed E-state index contributed by atoms with van der Waals surface area (Å²) in [6.07, 6.45) is -0.838. The summed E-state index contributed by atoms with van der Waals surface area (Å²) >= 11 is 0. The summed E-state index contributed by atoms with van der Waals surface area (Å²) in [5.74, 6) is -1.15. The van der Waals surface area contributed by atoms with Crippen LogP contribution in [0.3, 0.4) is 0 Å². The highest BCUT2D eigenvalue weighted by Gasteiger charge is 2.39. The predicted molar refractivity (Wildman–Crippen MR) is 67.1 cm³/mol. The Bertz CT molecular complexity index is 550. The molecule has 0 saturated carbocycles. The van der Waals surface area contributed by atoms with Crippen molar-refractivity contribution in [1.29, 1.82) is 0 Å². The number of carboxylic acid groups (broad SMARTS) is 1. The monoisotopic (exact) mass is 281 g/mol. The topological polar surface area (TPSA) is 129 Å². The number of amides is 2. The van der Waals surface area contributed by atoms with Crippen LogP contribution in [0, 0.1) is 13.8 Å². The summed E-state index contributed by atoms with van der Waals surface area (Å²) in [4.78, 5) is 28.1. The van der Waals surface area contributed by atoms with Gasteiger partial charge in [0, 0.05) is 13.0 Å². The van der Waals surface area contributed by atoms with Gasteiger partial charge in [-0.25, -0.2) is 14.6 Å². The lowest BCUT2D eigenvalue weighted by atomic mass is 10.2. The molecule has 20 heavy (non-hydrogen) atoms. The van der Waals surface area contributed by atoms with Crippen LogP contribution in [-0.4, -0.2) is 61.0 Å². The molecular formula is C11H15N5O4. The number of aromatic nitrogens is 3. The first-order valence-corrected chi connectivity index (χ1v) is 6.05. The summed E-state index contributed by atoms with van der Waals surface area (Å²) in [5, 5.41) is 28.4. The fourth-order valence-corrected chi connectivity index (χ4v) is 1.95. The fraction of sp³-hybridized carbons (Fsp3) is 0.545. The van der Waals surface area contributed by atoms with E-state index in [1.807, 2.05) is 0 Å². The van der Waals surface area contributed by atoms with Gasteiger partial charge in [-0.2, -0.15) is 5.10 Å². The third-order valence-corrected chi connectivity index (χ3v) is 3.14. The number of nitrogens with one attached hydrogen (secondary N) is 1. The van der Waals surface area contributed by atoms with E-state index in [2.05, 4.69) is 20.5 Å². The van der Waals surface area contributed by atoms with Crippen LogP contribution in [0.2, 0.25) is 0 Å². The molecule has 2 rings (SSSR count). The van der Waals surface area contributed by atoms with Gasteiger partial charge in [-0.1, -0.05) is 0 Å². The zero-order chi connectivity index (χ0) is 14.9. The molecule has 1 saturated heterocycles. The number of carbonyl (C=O) groups excluding carboxylic acids is 1. The van der Waals surface area contributed by atoms with E-state index in [4.69, 9.17) is 5.11 Å². The minimum Gasteiger partial charge on any atom is -0.480 e. The van der Waals surface area contributed by atoms with Crippen LogP contribution < -0.4 is 5.32 Å². The third kappa shape index (κ3) is 2.82. The maximum Gasteiger partial charge on any atom is 0.326 e. The van der Waals surface area contributed by atoms with Crippen molar-refractivity contribution in [2.75, 3.05) is 11.9 Å². The van der Waals surface area contributed by atoms with Crippen LogP contribution in [0.1, 0.15) is 17.8 Å². The van der Waals surface area contributed by atoms with E-state index in [1.54, 1.807) is 13.8 Å². The van der Waals surface area contributed by atoms with Crippen molar-refractivity contribution in [2.24, 2.45) is 0 Å². The largest absolute Gasteiger partial charge is 0.480 e. The van der Waals surface area contributed by atoms with Crippen molar-refractivity contribution in [3.05, 3.63) is 11.4 Å². The Kier molecular flexibility index (Phi) is 3.79. The summed E-state index contributed by atoms with van der Waals surface area (Å²) in [7, 11) is 0. The quantitative estimate of drug-likeness (QED) is 0.669. The standard InChI is InChI=1S/C11H15N5O4/c1-5-6(2)14-15-10(12-5)13-11(20)16-4-7(17)3-8(16)9(18)19/h7-8,17H,3-4H2,1-2H3,(H,18,19)(H,12,13,15,20)/t7?,8-/m0/s1. The Morgan fingerprint density at radius 3 is 2.60 bits per heavy atom. The number of hydrogen-bond donors (Lipinski definition) is 3. The minimum absolute atomic E-state index is 0.00336. The summed E-state index contributed by atoms with van der Waals surface area (Å²) < 4.78 is 0. The Morgan fingerprint density at radius 1 is 1.30 bits per heavy atom. The summed E-state index contributed by atoms with van der Waals surface area (Å²) in [6.45, 7) is 3.42. The number of urea groups is 1. The molecule has 108 valence electrons. The van der Waals surface area contributed by atoms with Gasteiger partial charge in [0.15, 0.2) is 0 Å². The maximum atomic E-state index is 12.0. The van der Waals surface area contributed by atoms with E-state index in [0.29, 0.717) is 11.4 Å². The van der Waals surface area contributed by atoms with Crippen molar-refractivity contribution in [2.45, 2.75) is 32.4 Å². The number of aryl methyl sites for hydroxylation is 2. The molecule has 1 aromatic heterocycles. The normalized spacial score (nSPS) is 21.9. The number of anilines is 1. The Hall–Kier alpha value is -2.29. The van der Waals surface area contributed by atoms with E-state index in [1.165, 1.54) is 0 Å². The highest BCUT2D eigenvalue weighted by Crippen LogP contribution is 2.19. The molecule has 0 radical (unpaired) electrons. The summed E-state index contributed by atoms with van der Waals surface area (Å²) in [5.41, 5.74) is 1.26. The smallest absolute Gasteiger partial charge is 0.326 e. The van der Waals surface area contributed by atoms with Gasteiger partial charge >= 0.3 is 12.0 Å². The molecule has 1 unspecified atom stereocenters. The molecule has 1 aliphatic rings. The second-order valence-corrected chi connectivity index (χ2v) is 4.63. The Morgan fingerprint density at radius 2 is 2.00 bits per heavy atom. The zero-order valence-electron chi connectivity index (χ0n) is 11.1. The first-order chi connectivity index (χ1) is 9.38. The number of aliphatic hydroxyl groups excluding tert-OH is 1. The van der Waals surface area contributed by atoms with Gasteiger partial charge in [0.25, 0.3) is 5.95 Å². The number of carboxylic acids is 1. The van der Waals surface area contributed by atoms with E-state index in [-0.39, 0.29) is 18.9 Å². The first kappa shape index (κ1) is 14.1. The molecular weight excluding hydrogens is 266 g/mol. The molecule has 2 atom stereocenters. The van der Waals surface area contributed by atoms with Crippen LogP contribution in [0.15, 0.2) is 0 Å². The predicted octanol–water partition coefficient (Wildman–Crippen LogP) is -0.460. The van der Waals surface area contributed by atoms with Gasteiger partial charge in [0.1, 0.15) is 6.04 Å². The lowest BCUT2D eigenvalue weighted by molar-refractivity contribution is -0.141. The average molecular weight is 281 g/mol. The lowest BCUT2D eigenvalue weighted by Gasteiger charge is -2.20. The molecule has 0 aromatic carbocycles. The van der Waals surface area contributed by atoms with Crippen LogP contribution in [0.5, 0.6) is 0 Å². The van der Waals surface area contributed by atoms with Crippen molar-refractivity contribution in [1.82, 2.24) is 20.1 Å². The number of aliphatic hydroxyl groups is 1. The third-order valence-electron chi connectivity index (χ3n) is 3.14. The van der Waals surface area contributed by atoms with E-state index >= 15 is 0 Å². The number of β-amino-alcohol motifs (C(OH)–C–C–N with tert-alkyl or cyclic N) is 1. The van der Waals surface area contributed by atoms with Gasteiger partial charge in [-0.3, -0.25) is 5.32 Å². The highest BCUT2D eigenvalue weighted by atomic mass is 16.4. The maximum absolute atomic E-state index is 12.0. The SMILES string of the molecule is Cc1nnc(NC(=O)N2CC(O)C[C@H]2C(=O)O)nc1C. The zero-order valence-corrected chi connectivity index (χ0v) is 11.1. The van der Waals surface area contributed by atoms with Crippen molar-refractivity contribution in [3.8, 4) is 0 Å². The molecule has 2 heterocycles. The van der Waals surface area contributed by atoms with E-state index in [0.717, 1.165) is 4.90 Å².